The number of para-hydroxylation sites is 1. The van der Waals surface area contributed by atoms with Crippen LogP contribution < -0.4 is 9.47 Å². The summed E-state index contributed by atoms with van der Waals surface area (Å²) >= 11 is 0. The molecule has 0 aliphatic carbocycles. The van der Waals surface area contributed by atoms with E-state index in [9.17, 15) is 14.7 Å². The van der Waals surface area contributed by atoms with Crippen LogP contribution in [-0.4, -0.2) is 56.2 Å². The Morgan fingerprint density at radius 1 is 1.06 bits per heavy atom. The third kappa shape index (κ3) is 4.46. The van der Waals surface area contributed by atoms with Crippen molar-refractivity contribution >= 4 is 17.4 Å². The van der Waals surface area contributed by atoms with Crippen LogP contribution in [0, 0.1) is 6.92 Å². The first-order valence-electron chi connectivity index (χ1n) is 10.9. The van der Waals surface area contributed by atoms with Crippen molar-refractivity contribution in [3.63, 3.8) is 0 Å². The van der Waals surface area contributed by atoms with Crippen molar-refractivity contribution in [2.45, 2.75) is 32.7 Å². The summed E-state index contributed by atoms with van der Waals surface area (Å²) in [4.78, 5) is 27.7. The van der Waals surface area contributed by atoms with Crippen LogP contribution in [0.2, 0.25) is 0 Å². The lowest BCUT2D eigenvalue weighted by Crippen LogP contribution is -2.32. The Bertz CT molecular complexity index is 1090. The van der Waals surface area contributed by atoms with Gasteiger partial charge in [-0.25, -0.2) is 0 Å². The van der Waals surface area contributed by atoms with E-state index >= 15 is 0 Å². The van der Waals surface area contributed by atoms with Crippen molar-refractivity contribution in [1.29, 1.82) is 0 Å². The minimum absolute atomic E-state index is 0.0311. The second-order valence-corrected chi connectivity index (χ2v) is 8.29. The van der Waals surface area contributed by atoms with Gasteiger partial charge in [0.1, 0.15) is 17.3 Å². The van der Waals surface area contributed by atoms with Gasteiger partial charge in [0.05, 0.1) is 32.4 Å². The molecule has 33 heavy (non-hydrogen) atoms. The molecule has 7 heteroatoms. The molecular weight excluding hydrogens is 422 g/mol. The number of carbonyl (C=O) groups is 2. The number of aliphatic hydroxyl groups excluding tert-OH is 1. The molecule has 3 rings (SSSR count). The summed E-state index contributed by atoms with van der Waals surface area (Å²) in [6, 6.07) is 10.0. The Hall–Kier alpha value is -3.32. The Morgan fingerprint density at radius 2 is 1.73 bits per heavy atom. The summed E-state index contributed by atoms with van der Waals surface area (Å²) in [6.07, 6.45) is 0. The number of aryl methyl sites for hydroxylation is 1. The molecule has 0 saturated carbocycles. The fourth-order valence-corrected chi connectivity index (χ4v) is 4.24. The average molecular weight is 454 g/mol. The Kier molecular flexibility index (Phi) is 7.43. The number of hydrogen-bond acceptors (Lipinski definition) is 6. The minimum atomic E-state index is -0.805. The number of carbonyl (C=O) groups excluding carboxylic acids is 2. The molecule has 2 aromatic carbocycles. The van der Waals surface area contributed by atoms with Gasteiger partial charge < -0.3 is 24.2 Å². The predicted molar refractivity (Wildman–Crippen MR) is 126 cm³/mol. The fraction of sp³-hybridized carbons (Fsp3) is 0.385. The lowest BCUT2D eigenvalue weighted by molar-refractivity contribution is -0.140. The van der Waals surface area contributed by atoms with E-state index in [0.717, 1.165) is 11.1 Å². The van der Waals surface area contributed by atoms with E-state index in [1.165, 1.54) is 19.1 Å². The summed E-state index contributed by atoms with van der Waals surface area (Å²) in [5.41, 5.74) is 2.77. The minimum Gasteiger partial charge on any atom is -0.507 e. The van der Waals surface area contributed by atoms with Crippen LogP contribution in [0.15, 0.2) is 42.0 Å². The van der Waals surface area contributed by atoms with Gasteiger partial charge in [-0.2, -0.15) is 0 Å². The third-order valence-corrected chi connectivity index (χ3v) is 5.96. The highest BCUT2D eigenvalue weighted by molar-refractivity contribution is 6.46. The van der Waals surface area contributed by atoms with Gasteiger partial charge in [0, 0.05) is 24.8 Å². The van der Waals surface area contributed by atoms with Crippen molar-refractivity contribution in [3.05, 3.63) is 64.2 Å². The molecule has 0 bridgehead atoms. The molecule has 176 valence electrons. The molecule has 0 aromatic heterocycles. The smallest absolute Gasteiger partial charge is 0.295 e. The molecule has 2 aromatic rings. The van der Waals surface area contributed by atoms with Gasteiger partial charge >= 0.3 is 0 Å². The number of benzene rings is 2. The molecule has 1 N–H and O–H groups in total. The fourth-order valence-electron chi connectivity index (χ4n) is 4.24. The predicted octanol–water partition coefficient (Wildman–Crippen LogP) is 4.20. The van der Waals surface area contributed by atoms with E-state index < -0.39 is 17.7 Å². The first kappa shape index (κ1) is 24.3. The maximum atomic E-state index is 13.2. The third-order valence-electron chi connectivity index (χ3n) is 5.96. The number of Topliss-reactive ketones (excluding diaryl/α,β-unsaturated/α-hetero) is 1. The maximum absolute atomic E-state index is 13.2. The first-order valence-corrected chi connectivity index (χ1v) is 10.9. The molecule has 1 aliphatic rings. The number of amides is 1. The van der Waals surface area contributed by atoms with Gasteiger partial charge in [-0.15, -0.1) is 0 Å². The molecule has 1 unspecified atom stereocenters. The highest BCUT2D eigenvalue weighted by atomic mass is 16.5. The van der Waals surface area contributed by atoms with Gasteiger partial charge in [-0.3, -0.25) is 9.59 Å². The molecule has 1 amide bonds. The van der Waals surface area contributed by atoms with Crippen LogP contribution in [-0.2, 0) is 14.3 Å². The number of aliphatic hydroxyl groups is 1. The van der Waals surface area contributed by atoms with Gasteiger partial charge in [-0.05, 0) is 42.2 Å². The van der Waals surface area contributed by atoms with E-state index in [4.69, 9.17) is 14.2 Å². The molecular formula is C26H31NO6. The monoisotopic (exact) mass is 453 g/mol. The summed E-state index contributed by atoms with van der Waals surface area (Å²) in [5.74, 6) is -0.277. The van der Waals surface area contributed by atoms with Crippen LogP contribution in [0.1, 0.15) is 48.1 Å². The van der Waals surface area contributed by atoms with Crippen LogP contribution >= 0.6 is 0 Å². The Labute approximate surface area is 194 Å². The molecule has 1 heterocycles. The van der Waals surface area contributed by atoms with E-state index in [1.807, 2.05) is 45.0 Å². The van der Waals surface area contributed by atoms with Crippen LogP contribution in [0.3, 0.4) is 0 Å². The molecule has 1 atom stereocenters. The highest BCUT2D eigenvalue weighted by Gasteiger charge is 2.47. The molecule has 0 radical (unpaired) electrons. The second-order valence-electron chi connectivity index (χ2n) is 8.29. The van der Waals surface area contributed by atoms with E-state index in [1.54, 1.807) is 19.2 Å². The Balaban J connectivity index is 2.28. The topological polar surface area (TPSA) is 85.3 Å². The number of hydrogen-bond donors (Lipinski definition) is 1. The van der Waals surface area contributed by atoms with Gasteiger partial charge in [-0.1, -0.05) is 32.0 Å². The second kappa shape index (κ2) is 10.1. The van der Waals surface area contributed by atoms with Crippen molar-refractivity contribution in [1.82, 2.24) is 4.90 Å². The van der Waals surface area contributed by atoms with Crippen LogP contribution in [0.25, 0.3) is 5.76 Å². The lowest BCUT2D eigenvalue weighted by atomic mass is 9.90. The van der Waals surface area contributed by atoms with E-state index in [-0.39, 0.29) is 30.4 Å². The molecule has 1 aliphatic heterocycles. The number of rotatable bonds is 8. The molecule has 7 nitrogen and oxygen atoms in total. The van der Waals surface area contributed by atoms with Gasteiger partial charge in [0.25, 0.3) is 11.7 Å². The average Bonchev–Trinajstić information content (AvgIpc) is 3.06. The zero-order valence-electron chi connectivity index (χ0n) is 20.0. The van der Waals surface area contributed by atoms with E-state index in [2.05, 4.69) is 0 Å². The normalized spacial score (nSPS) is 17.7. The molecule has 1 fully saturated rings. The number of ketones is 1. The number of nitrogens with zero attached hydrogens (tertiary/aromatic N) is 1. The SMILES string of the molecule is COCCN1C(=O)C(=O)/C(=C(/O)c2cc(C(C)C)c(OC)cc2C)C1c1ccccc1OC. The molecule has 1 saturated heterocycles. The first-order chi connectivity index (χ1) is 15.8. The lowest BCUT2D eigenvalue weighted by Gasteiger charge is -2.26. The van der Waals surface area contributed by atoms with Crippen LogP contribution in [0.4, 0.5) is 0 Å². The van der Waals surface area contributed by atoms with Crippen molar-refractivity contribution < 1.29 is 28.9 Å². The van der Waals surface area contributed by atoms with Crippen LogP contribution in [0.5, 0.6) is 11.5 Å². The Morgan fingerprint density at radius 3 is 2.33 bits per heavy atom. The maximum Gasteiger partial charge on any atom is 0.295 e. The summed E-state index contributed by atoms with van der Waals surface area (Å²) in [6.45, 7) is 6.32. The standard InChI is InChI=1S/C26H31NO6/c1-15(2)18-14-19(16(3)13-21(18)33-6)24(28)22-23(17-9-7-8-10-20(17)32-5)27(11-12-31-4)26(30)25(22)29/h7-10,13-15,23,28H,11-12H2,1-6H3/b24-22+. The number of ether oxygens (including phenoxy) is 3. The number of likely N-dealkylation sites (tertiary alicyclic amines) is 1. The van der Waals surface area contributed by atoms with Crippen molar-refractivity contribution in [3.8, 4) is 11.5 Å². The highest BCUT2D eigenvalue weighted by Crippen LogP contribution is 2.43. The quantitative estimate of drug-likeness (QED) is 0.366. The summed E-state index contributed by atoms with van der Waals surface area (Å²) < 4.78 is 16.2. The number of methoxy groups -OCH3 is 3. The molecule has 0 spiro atoms. The largest absolute Gasteiger partial charge is 0.507 e. The summed E-state index contributed by atoms with van der Waals surface area (Å²) in [5, 5.41) is 11.5. The zero-order chi connectivity index (χ0) is 24.3. The summed E-state index contributed by atoms with van der Waals surface area (Å²) in [7, 11) is 4.66. The van der Waals surface area contributed by atoms with Gasteiger partial charge in [0.15, 0.2) is 0 Å². The van der Waals surface area contributed by atoms with E-state index in [0.29, 0.717) is 22.6 Å². The zero-order valence-corrected chi connectivity index (χ0v) is 20.0. The van der Waals surface area contributed by atoms with Gasteiger partial charge in [0.2, 0.25) is 0 Å². The van der Waals surface area contributed by atoms with Crippen molar-refractivity contribution in [2.24, 2.45) is 0 Å². The van der Waals surface area contributed by atoms with Crippen molar-refractivity contribution in [2.75, 3.05) is 34.5 Å².